The van der Waals surface area contributed by atoms with E-state index in [9.17, 15) is 14.9 Å². The molecule has 0 bridgehead atoms. The molecular formula is C17H19N7O3. The molecule has 1 N–H and O–H groups in total. The Morgan fingerprint density at radius 3 is 2.67 bits per heavy atom. The molecule has 0 aliphatic carbocycles. The van der Waals surface area contributed by atoms with E-state index in [1.165, 1.54) is 16.4 Å². The Bertz CT molecular complexity index is 959. The molecule has 0 aliphatic heterocycles. The van der Waals surface area contributed by atoms with Gasteiger partial charge in [0, 0.05) is 6.42 Å². The van der Waals surface area contributed by atoms with E-state index < -0.39 is 4.92 Å². The van der Waals surface area contributed by atoms with Crippen molar-refractivity contribution in [3.63, 3.8) is 0 Å². The van der Waals surface area contributed by atoms with Gasteiger partial charge in [0.25, 0.3) is 0 Å². The molecule has 2 heterocycles. The standard InChI is InChI=1S/C17H19N7O3/c1-12-3-5-14(6-4-12)10-22-11-18-17(21-22)20-16(25)7-8-23-13(2)15(9-19-23)24(26)27/h3-6,9,11H,7-8,10H2,1-2H3,(H,20,21,25). The highest BCUT2D eigenvalue weighted by Gasteiger charge is 2.17. The van der Waals surface area contributed by atoms with Gasteiger partial charge in [-0.05, 0) is 19.4 Å². The van der Waals surface area contributed by atoms with Gasteiger partial charge in [0.15, 0.2) is 0 Å². The quantitative estimate of drug-likeness (QED) is 0.503. The number of aromatic nitrogens is 5. The van der Waals surface area contributed by atoms with E-state index in [1.54, 1.807) is 17.9 Å². The number of hydrogen-bond acceptors (Lipinski definition) is 6. The average molecular weight is 369 g/mol. The first kappa shape index (κ1) is 18.2. The van der Waals surface area contributed by atoms with Gasteiger partial charge in [-0.1, -0.05) is 29.8 Å². The number of anilines is 1. The molecule has 27 heavy (non-hydrogen) atoms. The first-order valence-corrected chi connectivity index (χ1v) is 8.34. The van der Waals surface area contributed by atoms with Crippen LogP contribution in [0.1, 0.15) is 23.2 Å². The van der Waals surface area contributed by atoms with Crippen LogP contribution >= 0.6 is 0 Å². The number of hydrogen-bond donors (Lipinski definition) is 1. The highest BCUT2D eigenvalue weighted by Crippen LogP contribution is 2.16. The first-order chi connectivity index (χ1) is 12.9. The molecule has 0 spiro atoms. The third-order valence-electron chi connectivity index (χ3n) is 4.08. The average Bonchev–Trinajstić information content (AvgIpc) is 3.21. The SMILES string of the molecule is Cc1ccc(Cn2cnc(NC(=O)CCn3ncc([N+](=O)[O-])c3C)n2)cc1. The number of rotatable bonds is 7. The molecule has 140 valence electrons. The van der Waals surface area contributed by atoms with Gasteiger partial charge in [-0.3, -0.25) is 24.9 Å². The summed E-state index contributed by atoms with van der Waals surface area (Å²) >= 11 is 0. The largest absolute Gasteiger partial charge is 0.309 e. The van der Waals surface area contributed by atoms with E-state index in [1.807, 2.05) is 31.2 Å². The highest BCUT2D eigenvalue weighted by atomic mass is 16.6. The molecule has 0 aliphatic rings. The second kappa shape index (κ2) is 7.77. The van der Waals surface area contributed by atoms with E-state index in [2.05, 4.69) is 20.5 Å². The van der Waals surface area contributed by atoms with E-state index in [0.29, 0.717) is 12.2 Å². The summed E-state index contributed by atoms with van der Waals surface area (Å²) < 4.78 is 3.07. The zero-order valence-electron chi connectivity index (χ0n) is 15.0. The fraction of sp³-hybridized carbons (Fsp3) is 0.294. The van der Waals surface area contributed by atoms with E-state index in [0.717, 1.165) is 5.56 Å². The van der Waals surface area contributed by atoms with Crippen molar-refractivity contribution in [3.8, 4) is 0 Å². The van der Waals surface area contributed by atoms with Crippen LogP contribution in [0.4, 0.5) is 11.6 Å². The van der Waals surface area contributed by atoms with Crippen LogP contribution < -0.4 is 5.32 Å². The molecule has 10 heteroatoms. The number of nitrogens with zero attached hydrogens (tertiary/aromatic N) is 6. The van der Waals surface area contributed by atoms with Gasteiger partial charge in [0.05, 0.1) is 18.0 Å². The number of benzene rings is 1. The molecule has 0 saturated carbocycles. The van der Waals surface area contributed by atoms with Crippen molar-refractivity contribution in [2.75, 3.05) is 5.32 Å². The number of carbonyl (C=O) groups is 1. The molecule has 0 saturated heterocycles. The predicted octanol–water partition coefficient (Wildman–Crippen LogP) is 2.08. The third kappa shape index (κ3) is 4.54. The van der Waals surface area contributed by atoms with Crippen LogP contribution in [0.3, 0.4) is 0 Å². The maximum atomic E-state index is 12.1. The number of nitro groups is 1. The van der Waals surface area contributed by atoms with Gasteiger partial charge in [0.2, 0.25) is 11.9 Å². The fourth-order valence-electron chi connectivity index (χ4n) is 2.54. The fourth-order valence-corrected chi connectivity index (χ4v) is 2.54. The van der Waals surface area contributed by atoms with Gasteiger partial charge in [0.1, 0.15) is 18.2 Å². The van der Waals surface area contributed by atoms with Crippen LogP contribution in [0.25, 0.3) is 0 Å². The van der Waals surface area contributed by atoms with Crippen molar-refractivity contribution in [2.45, 2.75) is 33.4 Å². The number of amides is 1. The van der Waals surface area contributed by atoms with Crippen molar-refractivity contribution in [3.05, 3.63) is 63.7 Å². The molecule has 0 unspecified atom stereocenters. The third-order valence-corrected chi connectivity index (χ3v) is 4.08. The summed E-state index contributed by atoms with van der Waals surface area (Å²) in [4.78, 5) is 26.5. The molecule has 1 aromatic carbocycles. The van der Waals surface area contributed by atoms with Crippen LogP contribution in [0.15, 0.2) is 36.8 Å². The molecule has 10 nitrogen and oxygen atoms in total. The molecule has 2 aromatic heterocycles. The molecular weight excluding hydrogens is 350 g/mol. The predicted molar refractivity (Wildman–Crippen MR) is 97.2 cm³/mol. The lowest BCUT2D eigenvalue weighted by Gasteiger charge is -2.04. The Hall–Kier alpha value is -3.56. The minimum Gasteiger partial charge on any atom is -0.293 e. The van der Waals surface area contributed by atoms with Crippen molar-refractivity contribution in [1.82, 2.24) is 24.5 Å². The number of carbonyl (C=O) groups excluding carboxylic acids is 1. The Morgan fingerprint density at radius 1 is 1.26 bits per heavy atom. The summed E-state index contributed by atoms with van der Waals surface area (Å²) in [5.74, 6) is -0.0732. The van der Waals surface area contributed by atoms with Gasteiger partial charge >= 0.3 is 5.69 Å². The summed E-state index contributed by atoms with van der Waals surface area (Å²) in [5.41, 5.74) is 2.61. The van der Waals surface area contributed by atoms with Crippen molar-refractivity contribution in [2.24, 2.45) is 0 Å². The Morgan fingerprint density at radius 2 is 2.00 bits per heavy atom. The Kier molecular flexibility index (Phi) is 5.25. The Balaban J connectivity index is 1.53. The molecule has 0 atom stereocenters. The van der Waals surface area contributed by atoms with Crippen LogP contribution in [-0.2, 0) is 17.9 Å². The van der Waals surface area contributed by atoms with Gasteiger partial charge in [-0.2, -0.15) is 5.10 Å². The minimum absolute atomic E-state index is 0.0630. The Labute approximate surface area is 155 Å². The molecule has 0 radical (unpaired) electrons. The second-order valence-corrected chi connectivity index (χ2v) is 6.15. The van der Waals surface area contributed by atoms with Crippen LogP contribution in [-0.4, -0.2) is 35.4 Å². The molecule has 1 amide bonds. The lowest BCUT2D eigenvalue weighted by atomic mass is 10.1. The lowest BCUT2D eigenvalue weighted by molar-refractivity contribution is -0.385. The van der Waals surface area contributed by atoms with Crippen molar-refractivity contribution >= 4 is 17.5 Å². The molecule has 0 fully saturated rings. The normalized spacial score (nSPS) is 10.7. The summed E-state index contributed by atoms with van der Waals surface area (Å²) in [6, 6.07) is 8.08. The first-order valence-electron chi connectivity index (χ1n) is 8.34. The van der Waals surface area contributed by atoms with Crippen LogP contribution in [0.5, 0.6) is 0 Å². The zero-order valence-corrected chi connectivity index (χ0v) is 15.0. The van der Waals surface area contributed by atoms with Gasteiger partial charge < -0.3 is 0 Å². The zero-order chi connectivity index (χ0) is 19.4. The summed E-state index contributed by atoms with van der Waals surface area (Å²) in [5, 5.41) is 21.6. The lowest BCUT2D eigenvalue weighted by Crippen LogP contribution is -2.16. The van der Waals surface area contributed by atoms with E-state index in [-0.39, 0.29) is 30.5 Å². The number of aryl methyl sites for hydroxylation is 2. The summed E-state index contributed by atoms with van der Waals surface area (Å²) in [7, 11) is 0. The topological polar surface area (TPSA) is 121 Å². The maximum Gasteiger partial charge on any atom is 0.309 e. The molecule has 3 aromatic rings. The van der Waals surface area contributed by atoms with Crippen LogP contribution in [0.2, 0.25) is 0 Å². The monoisotopic (exact) mass is 369 g/mol. The second-order valence-electron chi connectivity index (χ2n) is 6.15. The summed E-state index contributed by atoms with van der Waals surface area (Å²) in [6.45, 7) is 4.40. The highest BCUT2D eigenvalue weighted by molar-refractivity contribution is 5.88. The van der Waals surface area contributed by atoms with Crippen LogP contribution in [0, 0.1) is 24.0 Å². The number of nitrogens with one attached hydrogen (secondary N) is 1. The van der Waals surface area contributed by atoms with E-state index in [4.69, 9.17) is 0 Å². The summed E-state index contributed by atoms with van der Waals surface area (Å²) in [6.07, 6.45) is 2.84. The van der Waals surface area contributed by atoms with Crippen molar-refractivity contribution < 1.29 is 9.72 Å². The smallest absolute Gasteiger partial charge is 0.293 e. The van der Waals surface area contributed by atoms with Gasteiger partial charge in [-0.15, -0.1) is 5.10 Å². The maximum absolute atomic E-state index is 12.1. The molecule has 3 rings (SSSR count). The van der Waals surface area contributed by atoms with E-state index >= 15 is 0 Å². The van der Waals surface area contributed by atoms with Gasteiger partial charge in [-0.25, -0.2) is 9.67 Å². The van der Waals surface area contributed by atoms with Crippen molar-refractivity contribution in [1.29, 1.82) is 0 Å². The minimum atomic E-state index is -0.497.